The number of anilines is 1. The van der Waals surface area contributed by atoms with Crippen LogP contribution in [0.15, 0.2) is 78.9 Å². The van der Waals surface area contributed by atoms with E-state index in [1.807, 2.05) is 30.3 Å². The third-order valence-electron chi connectivity index (χ3n) is 7.07. The first kappa shape index (κ1) is 38.1. The zero-order chi connectivity index (χ0) is 33.5. The average Bonchev–Trinajstić information content (AvgIpc) is 3.07. The minimum absolute atomic E-state index is 0. The number of amides is 4. The first-order chi connectivity index (χ1) is 22.1. The van der Waals surface area contributed by atoms with Crippen molar-refractivity contribution in [3.05, 3.63) is 101 Å². The molecule has 4 amide bonds. The lowest BCUT2D eigenvalue weighted by Crippen LogP contribution is -2.51. The zero-order valence-electron chi connectivity index (χ0n) is 25.5. The van der Waals surface area contributed by atoms with Gasteiger partial charge in [-0.2, -0.15) is 0 Å². The van der Waals surface area contributed by atoms with E-state index in [1.54, 1.807) is 36.4 Å². The van der Waals surface area contributed by atoms with Crippen molar-refractivity contribution in [1.82, 2.24) is 16.1 Å². The van der Waals surface area contributed by atoms with Gasteiger partial charge < -0.3 is 32.5 Å². The van der Waals surface area contributed by atoms with E-state index in [0.717, 1.165) is 5.56 Å². The highest BCUT2D eigenvalue weighted by Gasteiger charge is 2.26. The second kappa shape index (κ2) is 19.5. The average molecular weight is 645 g/mol. The molecule has 0 aliphatic rings. The summed E-state index contributed by atoms with van der Waals surface area (Å²) in [7, 11) is 0. The molecule has 0 radical (unpaired) electrons. The predicted octanol–water partition coefficient (Wildman–Crippen LogP) is 1.83. The van der Waals surface area contributed by atoms with Crippen molar-refractivity contribution in [1.29, 1.82) is 0 Å². The molecule has 12 heteroatoms. The first-order valence-electron chi connectivity index (χ1n) is 14.9. The maximum atomic E-state index is 13.2. The van der Waals surface area contributed by atoms with Crippen molar-refractivity contribution < 1.29 is 29.5 Å². The molecule has 0 aliphatic carbocycles. The van der Waals surface area contributed by atoms with Gasteiger partial charge in [-0.3, -0.25) is 24.4 Å². The molecule has 3 aromatic rings. The maximum absolute atomic E-state index is 13.2. The number of rotatable bonds is 14. The number of carbonyl (C=O) groups is 4. The Labute approximate surface area is 275 Å². The molecule has 0 aromatic heterocycles. The van der Waals surface area contributed by atoms with Gasteiger partial charge in [0.15, 0.2) is 0 Å². The molecule has 3 aromatic carbocycles. The van der Waals surface area contributed by atoms with Gasteiger partial charge in [-0.15, -0.1) is 0 Å². The summed E-state index contributed by atoms with van der Waals surface area (Å²) in [4.78, 5) is 50.1. The normalized spacial score (nSPS) is 12.9. The fraction of sp³-hybridized carbons (Fsp3) is 0.314. The number of nitrogens with two attached hydrogens (primary N) is 2. The molecule has 0 unspecified atom stereocenters. The van der Waals surface area contributed by atoms with Gasteiger partial charge in [-0.1, -0.05) is 49.6 Å². The largest absolute Gasteiger partial charge is 0.391 e. The second-order valence-corrected chi connectivity index (χ2v) is 10.7. The van der Waals surface area contributed by atoms with Crippen LogP contribution in [0.1, 0.15) is 60.7 Å². The predicted molar refractivity (Wildman–Crippen MR) is 180 cm³/mol. The van der Waals surface area contributed by atoms with Gasteiger partial charge >= 0.3 is 0 Å². The van der Waals surface area contributed by atoms with Crippen LogP contribution in [-0.4, -0.2) is 64.7 Å². The summed E-state index contributed by atoms with van der Waals surface area (Å²) >= 11 is 0. The number of hydrogen-bond donors (Lipinski definition) is 8. The van der Waals surface area contributed by atoms with Gasteiger partial charge in [-0.05, 0) is 93.2 Å². The Morgan fingerprint density at radius 1 is 0.809 bits per heavy atom. The van der Waals surface area contributed by atoms with Gasteiger partial charge in [0, 0.05) is 22.4 Å². The highest BCUT2D eigenvalue weighted by Crippen LogP contribution is 2.13. The standard InChI is InChI=1S/C34H40N6O6.CH4/c1-22(41)30(34(45)40-46)39-31(42)26-16-11-24(12-17-26)9-10-25-13-18-27(19-14-25)37-33(44)29(20-15-23-6-3-2-4-7-23)38-32(43)28(36)8-5-21-35;/h2-4,6-7,11-14,16-19,22,28-30,41,46H,5,8,15,20-21,35-36H2,1H3,(H,37,44)(H,38,43)(H,39,42)(H,40,45);1H4/t22-,28-,29-,30+;/m1./s1. The van der Waals surface area contributed by atoms with E-state index < -0.39 is 42.0 Å². The molecule has 0 aliphatic heterocycles. The Balaban J connectivity index is 0.00000768. The highest BCUT2D eigenvalue weighted by molar-refractivity contribution is 5.98. The summed E-state index contributed by atoms with van der Waals surface area (Å²) in [5.41, 5.74) is 16.1. The van der Waals surface area contributed by atoms with E-state index in [4.69, 9.17) is 16.7 Å². The van der Waals surface area contributed by atoms with Crippen LogP contribution in [0.4, 0.5) is 5.69 Å². The molecule has 250 valence electrons. The number of aliphatic hydroxyl groups is 1. The monoisotopic (exact) mass is 644 g/mol. The molecule has 0 heterocycles. The summed E-state index contributed by atoms with van der Waals surface area (Å²) < 4.78 is 0. The van der Waals surface area contributed by atoms with Gasteiger partial charge in [0.25, 0.3) is 11.8 Å². The third kappa shape index (κ3) is 12.3. The number of benzene rings is 3. The fourth-order valence-electron chi connectivity index (χ4n) is 4.39. The molecule has 12 nitrogen and oxygen atoms in total. The van der Waals surface area contributed by atoms with Crippen LogP contribution >= 0.6 is 0 Å². The lowest BCUT2D eigenvalue weighted by Gasteiger charge is -2.21. The number of aliphatic hydroxyl groups excluding tert-OH is 1. The van der Waals surface area contributed by atoms with Crippen LogP contribution < -0.4 is 32.9 Å². The van der Waals surface area contributed by atoms with Crippen molar-refractivity contribution in [2.24, 2.45) is 11.5 Å². The summed E-state index contributed by atoms with van der Waals surface area (Å²) in [6.07, 6.45) is 0.770. The quantitative estimate of drug-likeness (QED) is 0.0736. The molecule has 4 atom stereocenters. The minimum Gasteiger partial charge on any atom is -0.391 e. The lowest BCUT2D eigenvalue weighted by atomic mass is 10.0. The van der Waals surface area contributed by atoms with Crippen LogP contribution in [0.25, 0.3) is 0 Å². The second-order valence-electron chi connectivity index (χ2n) is 10.7. The topological polar surface area (TPSA) is 209 Å². The van der Waals surface area contributed by atoms with E-state index in [-0.39, 0.29) is 18.9 Å². The third-order valence-corrected chi connectivity index (χ3v) is 7.07. The van der Waals surface area contributed by atoms with Crippen LogP contribution in [0, 0.1) is 11.8 Å². The van der Waals surface area contributed by atoms with Gasteiger partial charge in [0.05, 0.1) is 12.1 Å². The van der Waals surface area contributed by atoms with Crippen molar-refractivity contribution in [3.63, 3.8) is 0 Å². The molecule has 0 fully saturated rings. The van der Waals surface area contributed by atoms with Gasteiger partial charge in [0.2, 0.25) is 11.8 Å². The summed E-state index contributed by atoms with van der Waals surface area (Å²) in [6, 6.07) is 20.0. The Kier molecular flexibility index (Phi) is 15.8. The maximum Gasteiger partial charge on any atom is 0.268 e. The SMILES string of the molecule is C.C[C@@H](O)[C@H](NC(=O)c1ccc(C#Cc2ccc(NC(=O)[C@@H](CCc3ccccc3)NC(=O)[C@H](N)CCCN)cc2)cc1)C(=O)NO. The zero-order valence-corrected chi connectivity index (χ0v) is 25.5. The summed E-state index contributed by atoms with van der Waals surface area (Å²) in [6.45, 7) is 1.73. The van der Waals surface area contributed by atoms with Crippen molar-refractivity contribution in [2.45, 2.75) is 64.3 Å². The Hall–Kier alpha value is -5.06. The number of aryl methyl sites for hydroxylation is 1. The molecule has 0 saturated carbocycles. The number of hydroxylamine groups is 1. The molecule has 47 heavy (non-hydrogen) atoms. The Bertz CT molecular complexity index is 1520. The number of carbonyl (C=O) groups excluding carboxylic acids is 4. The van der Waals surface area contributed by atoms with Crippen molar-refractivity contribution in [3.8, 4) is 11.8 Å². The Morgan fingerprint density at radius 2 is 1.40 bits per heavy atom. The van der Waals surface area contributed by atoms with Crippen molar-refractivity contribution in [2.75, 3.05) is 11.9 Å². The van der Waals surface area contributed by atoms with E-state index >= 15 is 0 Å². The summed E-state index contributed by atoms with van der Waals surface area (Å²) in [5, 5.41) is 26.5. The van der Waals surface area contributed by atoms with Crippen LogP contribution in [0.2, 0.25) is 0 Å². The van der Waals surface area contributed by atoms with E-state index in [0.29, 0.717) is 49.0 Å². The minimum atomic E-state index is -1.33. The lowest BCUT2D eigenvalue weighted by molar-refractivity contribution is -0.133. The summed E-state index contributed by atoms with van der Waals surface area (Å²) in [5.74, 6) is 3.70. The number of hydrogen-bond acceptors (Lipinski definition) is 8. The van der Waals surface area contributed by atoms with E-state index in [2.05, 4.69) is 27.8 Å². The molecular formula is C35H44N6O6. The molecular weight excluding hydrogens is 600 g/mol. The van der Waals surface area contributed by atoms with E-state index in [1.165, 1.54) is 24.5 Å². The smallest absolute Gasteiger partial charge is 0.268 e. The first-order valence-corrected chi connectivity index (χ1v) is 14.9. The highest BCUT2D eigenvalue weighted by atomic mass is 16.5. The van der Waals surface area contributed by atoms with Crippen molar-refractivity contribution >= 4 is 29.3 Å². The fourth-order valence-corrected chi connectivity index (χ4v) is 4.39. The Morgan fingerprint density at radius 3 is 1.96 bits per heavy atom. The van der Waals surface area contributed by atoms with Crippen LogP contribution in [0.3, 0.4) is 0 Å². The van der Waals surface area contributed by atoms with Crippen LogP contribution in [0.5, 0.6) is 0 Å². The van der Waals surface area contributed by atoms with Gasteiger partial charge in [-0.25, -0.2) is 5.48 Å². The number of nitrogens with one attached hydrogen (secondary N) is 4. The molecule has 3 rings (SSSR count). The molecule has 0 spiro atoms. The molecule has 0 saturated heterocycles. The van der Waals surface area contributed by atoms with Gasteiger partial charge in [0.1, 0.15) is 12.1 Å². The molecule has 0 bridgehead atoms. The van der Waals surface area contributed by atoms with E-state index in [9.17, 15) is 24.3 Å². The van der Waals surface area contributed by atoms with Crippen LogP contribution in [-0.2, 0) is 20.8 Å². The molecule has 10 N–H and O–H groups in total.